The van der Waals surface area contributed by atoms with Gasteiger partial charge in [-0.1, -0.05) is 6.07 Å². The van der Waals surface area contributed by atoms with Gasteiger partial charge in [-0.05, 0) is 44.4 Å². The van der Waals surface area contributed by atoms with E-state index in [1.807, 2.05) is 0 Å². The third kappa shape index (κ3) is 3.76. The van der Waals surface area contributed by atoms with Crippen molar-refractivity contribution in [2.45, 2.75) is 44.6 Å². The molecule has 1 amide bonds. The Morgan fingerprint density at radius 2 is 1.96 bits per heavy atom. The van der Waals surface area contributed by atoms with Crippen molar-refractivity contribution in [2.24, 2.45) is 5.92 Å². The zero-order valence-electron chi connectivity index (χ0n) is 13.9. The van der Waals surface area contributed by atoms with Crippen LogP contribution < -0.4 is 5.32 Å². The number of piperidine rings is 1. The predicted molar refractivity (Wildman–Crippen MR) is 89.2 cm³/mol. The van der Waals surface area contributed by atoms with E-state index in [0.717, 1.165) is 5.56 Å². The van der Waals surface area contributed by atoms with Gasteiger partial charge in [-0.25, -0.2) is 8.42 Å². The maximum atomic E-state index is 12.9. The average Bonchev–Trinajstić information content (AvgIpc) is 2.48. The third-order valence-electron chi connectivity index (χ3n) is 4.30. The second-order valence-electron chi connectivity index (χ2n) is 6.19. The highest BCUT2D eigenvalue weighted by molar-refractivity contribution is 7.89. The standard InChI is InChI=1S/C16H22N2O5S/c1-10-4-7-14(8-15(10)17-12(3)19)24(22,23)18-9-13(16(20)21)6-5-11(18)2/h4,7-8,11,13H,5-6,9H2,1-3H3,(H,17,19)(H,20,21). The Hall–Kier alpha value is -1.93. The molecule has 0 saturated carbocycles. The summed E-state index contributed by atoms with van der Waals surface area (Å²) in [6.07, 6.45) is 0.966. The van der Waals surface area contributed by atoms with Crippen molar-refractivity contribution < 1.29 is 23.1 Å². The topological polar surface area (TPSA) is 104 Å². The lowest BCUT2D eigenvalue weighted by molar-refractivity contribution is -0.143. The van der Waals surface area contributed by atoms with Crippen LogP contribution in [0.2, 0.25) is 0 Å². The van der Waals surface area contributed by atoms with Gasteiger partial charge in [-0.3, -0.25) is 9.59 Å². The normalized spacial score (nSPS) is 22.1. The van der Waals surface area contributed by atoms with Gasteiger partial charge < -0.3 is 10.4 Å². The summed E-state index contributed by atoms with van der Waals surface area (Å²) < 4.78 is 27.1. The van der Waals surface area contributed by atoms with E-state index in [1.165, 1.54) is 23.4 Å². The number of carbonyl (C=O) groups is 2. The minimum atomic E-state index is -3.83. The maximum Gasteiger partial charge on any atom is 0.307 e. The first-order valence-corrected chi connectivity index (χ1v) is 9.20. The van der Waals surface area contributed by atoms with Crippen molar-refractivity contribution >= 4 is 27.6 Å². The summed E-state index contributed by atoms with van der Waals surface area (Å²) in [4.78, 5) is 22.5. The number of sulfonamides is 1. The van der Waals surface area contributed by atoms with E-state index < -0.39 is 21.9 Å². The van der Waals surface area contributed by atoms with Gasteiger partial charge in [0.2, 0.25) is 15.9 Å². The van der Waals surface area contributed by atoms with Crippen LogP contribution in [0, 0.1) is 12.8 Å². The number of amides is 1. The molecule has 0 aliphatic carbocycles. The van der Waals surface area contributed by atoms with Gasteiger partial charge in [0, 0.05) is 25.2 Å². The van der Waals surface area contributed by atoms with Crippen molar-refractivity contribution in [3.05, 3.63) is 23.8 Å². The highest BCUT2D eigenvalue weighted by atomic mass is 32.2. The van der Waals surface area contributed by atoms with Gasteiger partial charge in [0.1, 0.15) is 0 Å². The fourth-order valence-corrected chi connectivity index (χ4v) is 4.57. The first-order chi connectivity index (χ1) is 11.1. The molecule has 7 nitrogen and oxygen atoms in total. The van der Waals surface area contributed by atoms with Crippen LogP contribution in [-0.2, 0) is 19.6 Å². The molecule has 1 aliphatic heterocycles. The van der Waals surface area contributed by atoms with E-state index >= 15 is 0 Å². The molecule has 2 atom stereocenters. The van der Waals surface area contributed by atoms with Crippen molar-refractivity contribution in [1.82, 2.24) is 4.31 Å². The number of aliphatic carboxylic acids is 1. The van der Waals surface area contributed by atoms with Gasteiger partial charge in [-0.2, -0.15) is 4.31 Å². The van der Waals surface area contributed by atoms with Crippen LogP contribution in [0.4, 0.5) is 5.69 Å². The molecule has 1 fully saturated rings. The lowest BCUT2D eigenvalue weighted by atomic mass is 9.96. The van der Waals surface area contributed by atoms with Crippen LogP contribution in [0.15, 0.2) is 23.1 Å². The molecule has 0 radical (unpaired) electrons. The minimum absolute atomic E-state index is 0.0395. The number of nitrogens with one attached hydrogen (secondary N) is 1. The average molecular weight is 354 g/mol. The lowest BCUT2D eigenvalue weighted by Crippen LogP contribution is -2.47. The Balaban J connectivity index is 2.38. The van der Waals surface area contributed by atoms with Crippen LogP contribution in [0.25, 0.3) is 0 Å². The lowest BCUT2D eigenvalue weighted by Gasteiger charge is -2.35. The third-order valence-corrected chi connectivity index (χ3v) is 6.28. The largest absolute Gasteiger partial charge is 0.481 e. The molecular formula is C16H22N2O5S. The molecule has 0 aromatic heterocycles. The van der Waals surface area contributed by atoms with Gasteiger partial charge >= 0.3 is 5.97 Å². The number of carboxylic acid groups (broad SMARTS) is 1. The highest BCUT2D eigenvalue weighted by Gasteiger charge is 2.37. The predicted octanol–water partition coefficient (Wildman–Crippen LogP) is 1.83. The zero-order valence-corrected chi connectivity index (χ0v) is 14.8. The number of carbonyl (C=O) groups excluding carboxylic acids is 1. The summed E-state index contributed by atoms with van der Waals surface area (Å²) in [7, 11) is -3.83. The number of hydrogen-bond donors (Lipinski definition) is 2. The zero-order chi connectivity index (χ0) is 18.1. The van der Waals surface area contributed by atoms with Crippen LogP contribution in [0.1, 0.15) is 32.3 Å². The van der Waals surface area contributed by atoms with E-state index in [4.69, 9.17) is 0 Å². The van der Waals surface area contributed by atoms with Crippen LogP contribution in [0.3, 0.4) is 0 Å². The van der Waals surface area contributed by atoms with Gasteiger partial charge in [0.15, 0.2) is 0 Å². The number of anilines is 1. The molecule has 1 heterocycles. The number of rotatable bonds is 4. The Morgan fingerprint density at radius 1 is 1.29 bits per heavy atom. The molecule has 2 unspecified atom stereocenters. The van der Waals surface area contributed by atoms with Gasteiger partial charge in [-0.15, -0.1) is 0 Å². The smallest absolute Gasteiger partial charge is 0.307 e. The Bertz CT molecular complexity index is 760. The molecule has 1 saturated heterocycles. The molecule has 1 aromatic carbocycles. The van der Waals surface area contributed by atoms with E-state index in [-0.39, 0.29) is 23.4 Å². The quantitative estimate of drug-likeness (QED) is 0.858. The van der Waals surface area contributed by atoms with E-state index in [1.54, 1.807) is 19.9 Å². The molecule has 1 aromatic rings. The summed E-state index contributed by atoms with van der Waals surface area (Å²) in [5.41, 5.74) is 1.18. The number of nitrogens with zero attached hydrogens (tertiary/aromatic N) is 1. The molecule has 0 spiro atoms. The maximum absolute atomic E-state index is 12.9. The molecule has 2 rings (SSSR count). The van der Waals surface area contributed by atoms with E-state index in [9.17, 15) is 23.1 Å². The molecule has 1 aliphatic rings. The number of benzene rings is 1. The van der Waals surface area contributed by atoms with E-state index in [0.29, 0.717) is 18.5 Å². The SMILES string of the molecule is CC(=O)Nc1cc(S(=O)(=O)N2CC(C(=O)O)CCC2C)ccc1C. The molecule has 2 N–H and O–H groups in total. The molecule has 24 heavy (non-hydrogen) atoms. The fourth-order valence-electron chi connectivity index (χ4n) is 2.83. The summed E-state index contributed by atoms with van der Waals surface area (Å²) in [5, 5.41) is 11.8. The van der Waals surface area contributed by atoms with E-state index in [2.05, 4.69) is 5.32 Å². The Labute approximate surface area is 141 Å². The summed E-state index contributed by atoms with van der Waals surface area (Å²) in [6.45, 7) is 4.86. The number of hydrogen-bond acceptors (Lipinski definition) is 4. The van der Waals surface area contributed by atoms with Crippen LogP contribution in [-0.4, -0.2) is 42.3 Å². The highest BCUT2D eigenvalue weighted by Crippen LogP contribution is 2.30. The van der Waals surface area contributed by atoms with Crippen molar-refractivity contribution in [3.8, 4) is 0 Å². The second-order valence-corrected chi connectivity index (χ2v) is 8.08. The second kappa shape index (κ2) is 6.90. The first kappa shape index (κ1) is 18.4. The Morgan fingerprint density at radius 3 is 2.54 bits per heavy atom. The molecule has 8 heteroatoms. The first-order valence-electron chi connectivity index (χ1n) is 7.76. The van der Waals surface area contributed by atoms with Crippen molar-refractivity contribution in [3.63, 3.8) is 0 Å². The fraction of sp³-hybridized carbons (Fsp3) is 0.500. The summed E-state index contributed by atoms with van der Waals surface area (Å²) in [6, 6.07) is 4.26. The summed E-state index contributed by atoms with van der Waals surface area (Å²) in [5.74, 6) is -1.97. The molecule has 132 valence electrons. The number of carboxylic acids is 1. The molecular weight excluding hydrogens is 332 g/mol. The van der Waals surface area contributed by atoms with Gasteiger partial charge in [0.05, 0.1) is 10.8 Å². The Kier molecular flexibility index (Phi) is 5.29. The monoisotopic (exact) mass is 354 g/mol. The molecule has 0 bridgehead atoms. The van der Waals surface area contributed by atoms with Crippen LogP contribution in [0.5, 0.6) is 0 Å². The van der Waals surface area contributed by atoms with Crippen molar-refractivity contribution in [1.29, 1.82) is 0 Å². The summed E-state index contributed by atoms with van der Waals surface area (Å²) >= 11 is 0. The van der Waals surface area contributed by atoms with Gasteiger partial charge in [0.25, 0.3) is 0 Å². The van der Waals surface area contributed by atoms with Crippen molar-refractivity contribution in [2.75, 3.05) is 11.9 Å². The van der Waals surface area contributed by atoms with Crippen LogP contribution >= 0.6 is 0 Å². The number of aryl methyl sites for hydroxylation is 1. The minimum Gasteiger partial charge on any atom is -0.481 e.